The number of carbonyl (C=O) groups is 1. The molecule has 1 aliphatic rings. The number of hydrogen-bond acceptors (Lipinski definition) is 5. The molecule has 98 valence electrons. The van der Waals surface area contributed by atoms with Crippen LogP contribution in [-0.4, -0.2) is 24.7 Å². The molecule has 19 heavy (non-hydrogen) atoms. The number of nitrogens with zero attached hydrogens (tertiary/aromatic N) is 1. The first-order valence-electron chi connectivity index (χ1n) is 5.69. The molecule has 6 heteroatoms. The average molecular weight is 340 g/mol. The van der Waals surface area contributed by atoms with Gasteiger partial charge in [0, 0.05) is 12.6 Å². The summed E-state index contributed by atoms with van der Waals surface area (Å²) in [6, 6.07) is 3.78. The number of methoxy groups -OCH3 is 1. The molecule has 0 radical (unpaired) electrons. The zero-order valence-corrected chi connectivity index (χ0v) is 12.5. The Balaban J connectivity index is 2.12. The second-order valence-corrected chi connectivity index (χ2v) is 6.50. The molecule has 0 fully saturated rings. The molecule has 0 aromatic carbocycles. The standard InChI is InChI=1S/C13H10BrNO3S/c1-17-13(16)8-4-9-11(15-6-8)12-7(2-3-18-9)5-10(14)19-12/h4-6H,2-3H2,1H3. The van der Waals surface area contributed by atoms with Gasteiger partial charge >= 0.3 is 5.97 Å². The zero-order chi connectivity index (χ0) is 13.4. The minimum Gasteiger partial charge on any atom is -0.491 e. The third kappa shape index (κ3) is 2.26. The highest BCUT2D eigenvalue weighted by atomic mass is 79.9. The van der Waals surface area contributed by atoms with Gasteiger partial charge in [-0.2, -0.15) is 0 Å². The predicted molar refractivity (Wildman–Crippen MR) is 75.8 cm³/mol. The number of thiophene rings is 1. The topological polar surface area (TPSA) is 48.4 Å². The third-order valence-corrected chi connectivity index (χ3v) is 4.58. The number of carbonyl (C=O) groups excluding carboxylic acids is 1. The molecule has 0 spiro atoms. The van der Waals surface area contributed by atoms with Crippen molar-refractivity contribution >= 4 is 33.2 Å². The van der Waals surface area contributed by atoms with E-state index in [1.807, 2.05) is 0 Å². The molecule has 0 amide bonds. The lowest BCUT2D eigenvalue weighted by Crippen LogP contribution is -2.04. The van der Waals surface area contributed by atoms with E-state index in [9.17, 15) is 4.79 Å². The lowest BCUT2D eigenvalue weighted by molar-refractivity contribution is 0.0600. The molecule has 1 aliphatic heterocycles. The highest BCUT2D eigenvalue weighted by Gasteiger charge is 2.21. The Labute approximate surface area is 122 Å². The van der Waals surface area contributed by atoms with Crippen molar-refractivity contribution in [3.8, 4) is 16.3 Å². The quantitative estimate of drug-likeness (QED) is 0.748. The monoisotopic (exact) mass is 339 g/mol. The summed E-state index contributed by atoms with van der Waals surface area (Å²) in [5.41, 5.74) is 2.41. The average Bonchev–Trinajstić information content (AvgIpc) is 2.70. The number of aromatic nitrogens is 1. The Bertz CT molecular complexity index is 653. The van der Waals surface area contributed by atoms with Crippen molar-refractivity contribution in [2.24, 2.45) is 0 Å². The van der Waals surface area contributed by atoms with Gasteiger partial charge in [-0.15, -0.1) is 11.3 Å². The van der Waals surface area contributed by atoms with Crippen molar-refractivity contribution in [2.75, 3.05) is 13.7 Å². The Kier molecular flexibility index (Phi) is 3.28. The van der Waals surface area contributed by atoms with Crippen LogP contribution in [0.15, 0.2) is 22.1 Å². The van der Waals surface area contributed by atoms with Gasteiger partial charge < -0.3 is 9.47 Å². The van der Waals surface area contributed by atoms with E-state index in [0.29, 0.717) is 17.9 Å². The highest BCUT2D eigenvalue weighted by molar-refractivity contribution is 9.11. The minimum absolute atomic E-state index is 0.403. The summed E-state index contributed by atoms with van der Waals surface area (Å²) in [6.45, 7) is 0.579. The summed E-state index contributed by atoms with van der Waals surface area (Å²) >= 11 is 5.12. The molecule has 2 aromatic rings. The summed E-state index contributed by atoms with van der Waals surface area (Å²) in [6.07, 6.45) is 2.36. The van der Waals surface area contributed by atoms with E-state index in [1.165, 1.54) is 18.9 Å². The predicted octanol–water partition coefficient (Wildman–Crippen LogP) is 3.29. The highest BCUT2D eigenvalue weighted by Crippen LogP contribution is 2.41. The van der Waals surface area contributed by atoms with Crippen molar-refractivity contribution < 1.29 is 14.3 Å². The second-order valence-electron chi connectivity index (χ2n) is 4.07. The van der Waals surface area contributed by atoms with Crippen LogP contribution in [0, 0.1) is 0 Å². The molecule has 0 unspecified atom stereocenters. The van der Waals surface area contributed by atoms with Crippen LogP contribution in [0.3, 0.4) is 0 Å². The lowest BCUT2D eigenvalue weighted by atomic mass is 10.1. The van der Waals surface area contributed by atoms with Crippen LogP contribution in [0.2, 0.25) is 0 Å². The van der Waals surface area contributed by atoms with Crippen LogP contribution >= 0.6 is 27.3 Å². The van der Waals surface area contributed by atoms with Gasteiger partial charge in [0.25, 0.3) is 0 Å². The fourth-order valence-electron chi connectivity index (χ4n) is 2.01. The Hall–Kier alpha value is -1.40. The molecular weight excluding hydrogens is 330 g/mol. The van der Waals surface area contributed by atoms with E-state index in [4.69, 9.17) is 9.47 Å². The van der Waals surface area contributed by atoms with Gasteiger partial charge in [-0.25, -0.2) is 4.79 Å². The van der Waals surface area contributed by atoms with Crippen molar-refractivity contribution in [2.45, 2.75) is 6.42 Å². The van der Waals surface area contributed by atoms with Gasteiger partial charge in [-0.05, 0) is 33.6 Å². The number of fused-ring (bicyclic) bond motifs is 3. The normalized spacial score (nSPS) is 12.9. The number of ether oxygens (including phenoxy) is 2. The van der Waals surface area contributed by atoms with E-state index in [1.54, 1.807) is 17.4 Å². The fraction of sp³-hybridized carbons (Fsp3) is 0.231. The maximum absolute atomic E-state index is 11.5. The number of pyridine rings is 1. The summed E-state index contributed by atoms with van der Waals surface area (Å²) in [7, 11) is 1.35. The molecule has 0 aliphatic carbocycles. The number of halogens is 1. The largest absolute Gasteiger partial charge is 0.491 e. The Morgan fingerprint density at radius 3 is 3.16 bits per heavy atom. The summed E-state index contributed by atoms with van der Waals surface area (Å²) in [5.74, 6) is 0.228. The SMILES string of the molecule is COC(=O)c1cnc2c(c1)OCCc1cc(Br)sc1-2. The van der Waals surface area contributed by atoms with E-state index in [2.05, 4.69) is 27.0 Å². The van der Waals surface area contributed by atoms with Crippen LogP contribution in [0.5, 0.6) is 5.75 Å². The van der Waals surface area contributed by atoms with Crippen LogP contribution in [0.1, 0.15) is 15.9 Å². The molecule has 2 aromatic heterocycles. The first-order chi connectivity index (χ1) is 9.19. The number of esters is 1. The second kappa shape index (κ2) is 4.94. The van der Waals surface area contributed by atoms with Gasteiger partial charge in [0.05, 0.1) is 27.9 Å². The molecule has 0 bridgehead atoms. The summed E-state index contributed by atoms with van der Waals surface area (Å²) in [5, 5.41) is 0. The van der Waals surface area contributed by atoms with Crippen LogP contribution < -0.4 is 4.74 Å². The van der Waals surface area contributed by atoms with Gasteiger partial charge in [0.1, 0.15) is 11.4 Å². The fourth-order valence-corrected chi connectivity index (χ4v) is 3.71. The summed E-state index contributed by atoms with van der Waals surface area (Å²) < 4.78 is 11.5. The molecule has 0 N–H and O–H groups in total. The zero-order valence-electron chi connectivity index (χ0n) is 10.1. The van der Waals surface area contributed by atoms with Crippen LogP contribution in [-0.2, 0) is 11.2 Å². The van der Waals surface area contributed by atoms with E-state index >= 15 is 0 Å². The number of hydrogen-bond donors (Lipinski definition) is 0. The smallest absolute Gasteiger partial charge is 0.339 e. The van der Waals surface area contributed by atoms with Gasteiger partial charge in [-0.1, -0.05) is 0 Å². The molecule has 3 heterocycles. The number of rotatable bonds is 1. The first kappa shape index (κ1) is 12.6. The van der Waals surface area contributed by atoms with Gasteiger partial charge in [0.2, 0.25) is 0 Å². The van der Waals surface area contributed by atoms with Crippen LogP contribution in [0.4, 0.5) is 0 Å². The molecule has 0 atom stereocenters. The molecular formula is C13H10BrNO3S. The molecule has 4 nitrogen and oxygen atoms in total. The minimum atomic E-state index is -0.407. The summed E-state index contributed by atoms with van der Waals surface area (Å²) in [4.78, 5) is 17.0. The van der Waals surface area contributed by atoms with Crippen molar-refractivity contribution in [3.63, 3.8) is 0 Å². The maximum atomic E-state index is 11.5. The Morgan fingerprint density at radius 2 is 2.37 bits per heavy atom. The molecule has 0 saturated carbocycles. The van der Waals surface area contributed by atoms with Gasteiger partial charge in [0.15, 0.2) is 0 Å². The maximum Gasteiger partial charge on any atom is 0.339 e. The van der Waals surface area contributed by atoms with Crippen molar-refractivity contribution in [1.29, 1.82) is 0 Å². The van der Waals surface area contributed by atoms with Crippen molar-refractivity contribution in [3.05, 3.63) is 33.2 Å². The Morgan fingerprint density at radius 1 is 1.53 bits per heavy atom. The van der Waals surface area contributed by atoms with E-state index in [-0.39, 0.29) is 0 Å². The third-order valence-electron chi connectivity index (χ3n) is 2.90. The van der Waals surface area contributed by atoms with Gasteiger partial charge in [-0.3, -0.25) is 4.98 Å². The molecule has 0 saturated heterocycles. The molecule has 3 rings (SSSR count). The van der Waals surface area contributed by atoms with Crippen molar-refractivity contribution in [1.82, 2.24) is 4.98 Å². The lowest BCUT2D eigenvalue weighted by Gasteiger charge is -2.07. The van der Waals surface area contributed by atoms with Crippen LogP contribution in [0.25, 0.3) is 10.6 Å². The van der Waals surface area contributed by atoms with E-state index < -0.39 is 5.97 Å². The first-order valence-corrected chi connectivity index (χ1v) is 7.29. The van der Waals surface area contributed by atoms with E-state index in [0.717, 1.165) is 20.8 Å².